The zero-order valence-electron chi connectivity index (χ0n) is 8.29. The van der Waals surface area contributed by atoms with Gasteiger partial charge in [-0.2, -0.15) is 0 Å². The minimum atomic E-state index is -1.10. The third kappa shape index (κ3) is 3.18. The van der Waals surface area contributed by atoms with E-state index in [4.69, 9.17) is 27.2 Å². The summed E-state index contributed by atoms with van der Waals surface area (Å²) in [5.41, 5.74) is 5.76. The van der Waals surface area contributed by atoms with Gasteiger partial charge >= 0.3 is 5.97 Å². The molecule has 0 amide bonds. The zero-order valence-corrected chi connectivity index (χ0v) is 9.04. The standard InChI is InChI=1S/C8H8ClNO3.C2H4/c1-13-7-3-6(10)5(9)2-4(7)8(11)12;1-2/h2-3H,10H2,1H3,(H,11,12);1-2H2. The molecule has 0 heterocycles. The molecule has 0 unspecified atom stereocenters. The maximum absolute atomic E-state index is 10.7. The molecule has 4 nitrogen and oxygen atoms in total. The maximum atomic E-state index is 10.7. The number of carbonyl (C=O) groups is 1. The average molecular weight is 230 g/mol. The molecule has 15 heavy (non-hydrogen) atoms. The molecule has 1 aromatic rings. The van der Waals surface area contributed by atoms with Gasteiger partial charge in [-0.25, -0.2) is 4.79 Å². The van der Waals surface area contributed by atoms with Crippen molar-refractivity contribution in [2.45, 2.75) is 0 Å². The number of aromatic carboxylic acids is 1. The van der Waals surface area contributed by atoms with Crippen molar-refractivity contribution >= 4 is 23.3 Å². The number of anilines is 1. The fourth-order valence-electron chi connectivity index (χ4n) is 0.905. The second-order valence-corrected chi connectivity index (χ2v) is 2.79. The Morgan fingerprint density at radius 3 is 2.47 bits per heavy atom. The number of rotatable bonds is 2. The van der Waals surface area contributed by atoms with Gasteiger partial charge < -0.3 is 15.6 Å². The summed E-state index contributed by atoms with van der Waals surface area (Å²) in [5, 5.41) is 8.94. The molecule has 0 saturated heterocycles. The average Bonchev–Trinajstić information content (AvgIpc) is 2.24. The molecule has 0 atom stereocenters. The second-order valence-electron chi connectivity index (χ2n) is 2.38. The Morgan fingerprint density at radius 2 is 2.07 bits per heavy atom. The second kappa shape index (κ2) is 5.93. The van der Waals surface area contributed by atoms with Gasteiger partial charge in [0.05, 0.1) is 17.8 Å². The Morgan fingerprint density at radius 1 is 1.53 bits per heavy atom. The summed E-state index contributed by atoms with van der Waals surface area (Å²) in [4.78, 5) is 10.7. The van der Waals surface area contributed by atoms with Crippen LogP contribution in [-0.2, 0) is 0 Å². The summed E-state index contributed by atoms with van der Waals surface area (Å²) >= 11 is 5.64. The van der Waals surface area contributed by atoms with Crippen LogP contribution >= 0.6 is 11.6 Å². The number of methoxy groups -OCH3 is 1. The lowest BCUT2D eigenvalue weighted by atomic mass is 10.2. The van der Waals surface area contributed by atoms with Gasteiger partial charge in [0, 0.05) is 6.07 Å². The largest absolute Gasteiger partial charge is 0.496 e. The minimum Gasteiger partial charge on any atom is -0.496 e. The summed E-state index contributed by atoms with van der Waals surface area (Å²) in [6.45, 7) is 6.00. The molecule has 0 saturated carbocycles. The Hall–Kier alpha value is -1.68. The van der Waals surface area contributed by atoms with E-state index in [0.29, 0.717) is 5.69 Å². The van der Waals surface area contributed by atoms with E-state index < -0.39 is 5.97 Å². The molecule has 3 N–H and O–H groups in total. The Labute approximate surface area is 92.9 Å². The van der Waals surface area contributed by atoms with Gasteiger partial charge in [-0.3, -0.25) is 0 Å². The summed E-state index contributed by atoms with van der Waals surface area (Å²) in [6, 6.07) is 2.64. The molecule has 0 aliphatic heterocycles. The quantitative estimate of drug-likeness (QED) is 0.604. The van der Waals surface area contributed by atoms with Crippen molar-refractivity contribution in [3.05, 3.63) is 35.9 Å². The van der Waals surface area contributed by atoms with Gasteiger partial charge in [-0.05, 0) is 6.07 Å². The Balaban J connectivity index is 0.000000921. The van der Waals surface area contributed by atoms with Gasteiger partial charge in [0.15, 0.2) is 0 Å². The number of halogens is 1. The predicted octanol–water partition coefficient (Wildman–Crippen LogP) is 2.43. The van der Waals surface area contributed by atoms with Crippen molar-refractivity contribution in [1.29, 1.82) is 0 Å². The van der Waals surface area contributed by atoms with E-state index in [9.17, 15) is 4.79 Å². The van der Waals surface area contributed by atoms with Crippen LogP contribution in [0.25, 0.3) is 0 Å². The van der Waals surface area contributed by atoms with Crippen LogP contribution in [0.15, 0.2) is 25.3 Å². The number of ether oxygens (including phenoxy) is 1. The van der Waals surface area contributed by atoms with Gasteiger partial charge in [0.1, 0.15) is 11.3 Å². The van der Waals surface area contributed by atoms with Crippen molar-refractivity contribution in [3.63, 3.8) is 0 Å². The number of nitrogens with two attached hydrogens (primary N) is 1. The summed E-state index contributed by atoms with van der Waals surface area (Å²) in [7, 11) is 1.37. The Bertz CT molecular complexity index is 366. The van der Waals surface area contributed by atoms with E-state index in [1.54, 1.807) is 0 Å². The van der Waals surface area contributed by atoms with Crippen molar-refractivity contribution in [3.8, 4) is 5.75 Å². The number of hydrogen-bond acceptors (Lipinski definition) is 3. The summed E-state index contributed by atoms with van der Waals surface area (Å²) in [5.74, 6) is -0.895. The van der Waals surface area contributed by atoms with Crippen LogP contribution < -0.4 is 10.5 Å². The summed E-state index contributed by atoms with van der Waals surface area (Å²) in [6.07, 6.45) is 0. The normalized spacial score (nSPS) is 8.67. The van der Waals surface area contributed by atoms with Crippen LogP contribution in [0.4, 0.5) is 5.69 Å². The van der Waals surface area contributed by atoms with Gasteiger partial charge in [0.2, 0.25) is 0 Å². The van der Waals surface area contributed by atoms with Crippen molar-refractivity contribution in [2.75, 3.05) is 12.8 Å². The molecule has 0 aliphatic carbocycles. The number of hydrogen-bond donors (Lipinski definition) is 2. The van der Waals surface area contributed by atoms with E-state index in [0.717, 1.165) is 0 Å². The van der Waals surface area contributed by atoms with Crippen LogP contribution in [0, 0.1) is 0 Å². The smallest absolute Gasteiger partial charge is 0.339 e. The molecule has 82 valence electrons. The molecule has 0 bridgehead atoms. The molecule has 1 aromatic carbocycles. The molecule has 1 rings (SSSR count). The lowest BCUT2D eigenvalue weighted by Gasteiger charge is -2.06. The van der Waals surface area contributed by atoms with Crippen LogP contribution in [0.2, 0.25) is 5.02 Å². The topological polar surface area (TPSA) is 72.5 Å². The molecule has 0 fully saturated rings. The fourth-order valence-corrected chi connectivity index (χ4v) is 1.07. The van der Waals surface area contributed by atoms with E-state index in [1.807, 2.05) is 0 Å². The van der Waals surface area contributed by atoms with E-state index >= 15 is 0 Å². The highest BCUT2D eigenvalue weighted by Gasteiger charge is 2.13. The highest BCUT2D eigenvalue weighted by molar-refractivity contribution is 6.33. The highest BCUT2D eigenvalue weighted by Crippen LogP contribution is 2.28. The van der Waals surface area contributed by atoms with Crippen LogP contribution in [0.5, 0.6) is 5.75 Å². The SMILES string of the molecule is C=C.COc1cc(N)c(Cl)cc1C(=O)O. The molecular weight excluding hydrogens is 218 g/mol. The zero-order chi connectivity index (χ0) is 12.0. The lowest BCUT2D eigenvalue weighted by Crippen LogP contribution is -2.01. The Kier molecular flexibility index (Phi) is 5.26. The van der Waals surface area contributed by atoms with Crippen LogP contribution in [-0.4, -0.2) is 18.2 Å². The fraction of sp³-hybridized carbons (Fsp3) is 0.100. The number of benzene rings is 1. The molecule has 0 spiro atoms. The third-order valence-corrected chi connectivity index (χ3v) is 1.88. The lowest BCUT2D eigenvalue weighted by molar-refractivity contribution is 0.0693. The van der Waals surface area contributed by atoms with E-state index in [2.05, 4.69) is 13.2 Å². The maximum Gasteiger partial charge on any atom is 0.339 e. The van der Waals surface area contributed by atoms with Gasteiger partial charge in [0.25, 0.3) is 0 Å². The van der Waals surface area contributed by atoms with Gasteiger partial charge in [-0.15, -0.1) is 13.2 Å². The molecule has 0 aliphatic rings. The first kappa shape index (κ1) is 13.3. The van der Waals surface area contributed by atoms with Gasteiger partial charge in [-0.1, -0.05) is 11.6 Å². The van der Waals surface area contributed by atoms with Crippen molar-refractivity contribution in [1.82, 2.24) is 0 Å². The molecule has 0 radical (unpaired) electrons. The molecule has 0 aromatic heterocycles. The molecular formula is C10H12ClNO3. The van der Waals surface area contributed by atoms with Crippen molar-refractivity contribution < 1.29 is 14.6 Å². The third-order valence-electron chi connectivity index (χ3n) is 1.55. The molecule has 5 heteroatoms. The summed E-state index contributed by atoms with van der Waals surface area (Å²) < 4.78 is 4.82. The predicted molar refractivity (Wildman–Crippen MR) is 60.6 cm³/mol. The number of carboxylic acid groups (broad SMARTS) is 1. The monoisotopic (exact) mass is 229 g/mol. The van der Waals surface area contributed by atoms with Crippen molar-refractivity contribution in [2.24, 2.45) is 0 Å². The first-order valence-corrected chi connectivity index (χ1v) is 4.30. The van der Waals surface area contributed by atoms with E-state index in [-0.39, 0.29) is 16.3 Å². The first-order chi connectivity index (χ1) is 7.06. The van der Waals surface area contributed by atoms with Crippen LogP contribution in [0.3, 0.4) is 0 Å². The number of nitrogen functional groups attached to an aromatic ring is 1. The minimum absolute atomic E-state index is 0.00157. The number of carboxylic acids is 1. The first-order valence-electron chi connectivity index (χ1n) is 3.92. The highest BCUT2D eigenvalue weighted by atomic mass is 35.5. The van der Waals surface area contributed by atoms with Crippen LogP contribution in [0.1, 0.15) is 10.4 Å². The van der Waals surface area contributed by atoms with E-state index in [1.165, 1.54) is 19.2 Å².